The molecule has 0 saturated heterocycles. The Kier molecular flexibility index (Phi) is 6.94. The predicted molar refractivity (Wildman–Crippen MR) is 156 cm³/mol. The van der Waals surface area contributed by atoms with Crippen molar-refractivity contribution in [1.29, 1.82) is 0 Å². The van der Waals surface area contributed by atoms with Crippen LogP contribution in [-0.4, -0.2) is 56.3 Å². The minimum atomic E-state index is -0.598. The highest BCUT2D eigenvalue weighted by atomic mass is 16.6. The third-order valence-electron chi connectivity index (χ3n) is 7.13. The van der Waals surface area contributed by atoms with Crippen LogP contribution in [-0.2, 0) is 24.1 Å². The Morgan fingerprint density at radius 3 is 2.71 bits per heavy atom. The first-order chi connectivity index (χ1) is 19.7. The van der Waals surface area contributed by atoms with E-state index >= 15 is 0 Å². The fourth-order valence-corrected chi connectivity index (χ4v) is 5.15. The van der Waals surface area contributed by atoms with Crippen LogP contribution in [0.15, 0.2) is 49.2 Å². The molecule has 2 N–H and O–H groups in total. The predicted octanol–water partition coefficient (Wildman–Crippen LogP) is 4.93. The lowest BCUT2D eigenvalue weighted by Gasteiger charge is -2.35. The largest absolute Gasteiger partial charge is 0.474 e. The summed E-state index contributed by atoms with van der Waals surface area (Å²) in [4.78, 5) is 38.1. The molecule has 11 heteroatoms. The summed E-state index contributed by atoms with van der Waals surface area (Å²) >= 11 is 0. The zero-order valence-electron chi connectivity index (χ0n) is 23.8. The van der Waals surface area contributed by atoms with Gasteiger partial charge in [-0.15, -0.1) is 0 Å². The number of ether oxygens (including phenoxy) is 2. The Bertz CT molecular complexity index is 1550. The van der Waals surface area contributed by atoms with E-state index in [4.69, 9.17) is 14.5 Å². The van der Waals surface area contributed by atoms with Crippen molar-refractivity contribution in [1.82, 2.24) is 24.9 Å². The van der Waals surface area contributed by atoms with Crippen LogP contribution in [0, 0.1) is 6.92 Å². The number of rotatable bonds is 5. The maximum absolute atomic E-state index is 13.0. The topological polar surface area (TPSA) is 121 Å². The van der Waals surface area contributed by atoms with E-state index in [0.717, 1.165) is 53.3 Å². The van der Waals surface area contributed by atoms with Crippen LogP contribution in [0.2, 0.25) is 0 Å². The van der Waals surface area contributed by atoms with Crippen molar-refractivity contribution in [2.75, 3.05) is 34.8 Å². The molecule has 0 spiro atoms. The molecule has 0 aliphatic carbocycles. The SMILES string of the molecule is Cc1c(N2CCc3cnc(Nc4ccc(Cc5cnc[nH]5)cc4)nc3C2)cnc2c1N(C(=O)OC(C)(C)C)CCO2. The molecule has 1 amide bonds. The number of anilines is 4. The second kappa shape index (κ2) is 10.7. The Hall–Kier alpha value is -4.67. The number of hydrogen-bond acceptors (Lipinski definition) is 9. The number of H-pyrrole nitrogens is 1. The highest BCUT2D eigenvalue weighted by Gasteiger charge is 2.32. The van der Waals surface area contributed by atoms with Crippen molar-refractivity contribution in [2.45, 2.75) is 52.7 Å². The molecule has 2 aliphatic heterocycles. The van der Waals surface area contributed by atoms with Crippen LogP contribution >= 0.6 is 0 Å². The number of carbonyl (C=O) groups is 1. The van der Waals surface area contributed by atoms with E-state index in [1.807, 2.05) is 58.4 Å². The number of pyridine rings is 1. The molecule has 11 nitrogen and oxygen atoms in total. The number of aromatic nitrogens is 5. The molecule has 6 rings (SSSR count). The Labute approximate surface area is 239 Å². The van der Waals surface area contributed by atoms with E-state index in [9.17, 15) is 4.79 Å². The lowest BCUT2D eigenvalue weighted by Crippen LogP contribution is -2.42. The third kappa shape index (κ3) is 5.79. The molecule has 0 unspecified atom stereocenters. The molecule has 2 aliphatic rings. The molecule has 41 heavy (non-hydrogen) atoms. The smallest absolute Gasteiger partial charge is 0.415 e. The summed E-state index contributed by atoms with van der Waals surface area (Å²) in [5.41, 5.74) is 7.19. The highest BCUT2D eigenvalue weighted by molar-refractivity contribution is 5.92. The van der Waals surface area contributed by atoms with Crippen LogP contribution in [0.5, 0.6) is 5.88 Å². The molecule has 0 atom stereocenters. The summed E-state index contributed by atoms with van der Waals surface area (Å²) in [5, 5.41) is 3.34. The van der Waals surface area contributed by atoms with Crippen molar-refractivity contribution in [3.05, 3.63) is 77.3 Å². The molecular formula is C30H34N8O3. The minimum Gasteiger partial charge on any atom is -0.474 e. The zero-order chi connectivity index (χ0) is 28.6. The van der Waals surface area contributed by atoms with Gasteiger partial charge < -0.3 is 24.7 Å². The maximum atomic E-state index is 13.0. The van der Waals surface area contributed by atoms with Gasteiger partial charge in [0, 0.05) is 42.3 Å². The number of nitrogens with one attached hydrogen (secondary N) is 2. The van der Waals surface area contributed by atoms with E-state index in [2.05, 4.69) is 42.3 Å². The van der Waals surface area contributed by atoms with Crippen molar-refractivity contribution < 1.29 is 14.3 Å². The first-order valence-corrected chi connectivity index (χ1v) is 13.8. The summed E-state index contributed by atoms with van der Waals surface area (Å²) in [6, 6.07) is 8.22. The van der Waals surface area contributed by atoms with Crippen molar-refractivity contribution in [3.63, 3.8) is 0 Å². The van der Waals surface area contributed by atoms with Crippen molar-refractivity contribution in [2.24, 2.45) is 0 Å². The van der Waals surface area contributed by atoms with Gasteiger partial charge in [-0.3, -0.25) is 4.90 Å². The van der Waals surface area contributed by atoms with Gasteiger partial charge in [-0.25, -0.2) is 24.7 Å². The van der Waals surface area contributed by atoms with Gasteiger partial charge in [0.2, 0.25) is 11.8 Å². The standard InChI is InChI=1S/C30H34N8O3/c1-19-25(16-32-27-26(19)38(11-12-40-27)29(39)41-30(2,3)4)37-10-9-21-14-33-28(36-24(21)17-37)35-22-7-5-20(6-8-22)13-23-15-31-18-34-23/h5-8,14-16,18H,9-13,17H2,1-4H3,(H,31,34)(H,33,35,36). The van der Waals surface area contributed by atoms with Gasteiger partial charge in [-0.05, 0) is 57.4 Å². The van der Waals surface area contributed by atoms with Gasteiger partial charge in [-0.1, -0.05) is 12.1 Å². The molecule has 0 radical (unpaired) electrons. The van der Waals surface area contributed by atoms with E-state index in [1.54, 1.807) is 11.2 Å². The fourth-order valence-electron chi connectivity index (χ4n) is 5.15. The lowest BCUT2D eigenvalue weighted by molar-refractivity contribution is 0.0566. The normalized spacial score (nSPS) is 14.6. The zero-order valence-corrected chi connectivity index (χ0v) is 23.8. The van der Waals surface area contributed by atoms with Gasteiger partial charge >= 0.3 is 6.09 Å². The number of hydrogen-bond donors (Lipinski definition) is 2. The van der Waals surface area contributed by atoms with E-state index in [0.29, 0.717) is 37.2 Å². The average molecular weight is 555 g/mol. The number of carbonyl (C=O) groups excluding carboxylic acids is 1. The number of nitrogens with zero attached hydrogens (tertiary/aromatic N) is 6. The van der Waals surface area contributed by atoms with Gasteiger partial charge in [-0.2, -0.15) is 0 Å². The Morgan fingerprint density at radius 2 is 1.95 bits per heavy atom. The quantitative estimate of drug-likeness (QED) is 0.353. The van der Waals surface area contributed by atoms with Gasteiger partial charge in [0.05, 0.1) is 37.0 Å². The number of fused-ring (bicyclic) bond motifs is 2. The van der Waals surface area contributed by atoms with E-state index in [-0.39, 0.29) is 0 Å². The summed E-state index contributed by atoms with van der Waals surface area (Å²) < 4.78 is 11.5. The summed E-state index contributed by atoms with van der Waals surface area (Å²) in [5.74, 6) is 1.00. The Balaban J connectivity index is 1.19. The maximum Gasteiger partial charge on any atom is 0.415 e. The lowest BCUT2D eigenvalue weighted by atomic mass is 10.0. The van der Waals surface area contributed by atoms with Crippen LogP contribution in [0.4, 0.5) is 27.8 Å². The molecule has 0 fully saturated rings. The molecule has 3 aromatic heterocycles. The second-order valence-electron chi connectivity index (χ2n) is 11.3. The highest BCUT2D eigenvalue weighted by Crippen LogP contribution is 2.39. The molecule has 1 aromatic carbocycles. The molecule has 4 aromatic rings. The summed E-state index contributed by atoms with van der Waals surface area (Å²) in [6.07, 6.45) is 8.46. The first-order valence-electron chi connectivity index (χ1n) is 13.8. The van der Waals surface area contributed by atoms with Gasteiger partial charge in [0.15, 0.2) is 0 Å². The average Bonchev–Trinajstić information content (AvgIpc) is 3.46. The Morgan fingerprint density at radius 1 is 1.12 bits per heavy atom. The first kappa shape index (κ1) is 26.5. The van der Waals surface area contributed by atoms with Crippen molar-refractivity contribution in [3.8, 4) is 5.88 Å². The molecule has 0 bridgehead atoms. The monoisotopic (exact) mass is 554 g/mol. The number of amides is 1. The van der Waals surface area contributed by atoms with Crippen molar-refractivity contribution >= 4 is 29.1 Å². The third-order valence-corrected chi connectivity index (χ3v) is 7.13. The van der Waals surface area contributed by atoms with E-state index < -0.39 is 11.7 Å². The fraction of sp³-hybridized carbons (Fsp3) is 0.367. The van der Waals surface area contributed by atoms with Crippen LogP contribution in [0.25, 0.3) is 0 Å². The molecule has 5 heterocycles. The summed E-state index contributed by atoms with van der Waals surface area (Å²) in [6.45, 7) is 9.75. The minimum absolute atomic E-state index is 0.370. The molecule has 212 valence electrons. The van der Waals surface area contributed by atoms with E-state index in [1.165, 1.54) is 5.56 Å². The van der Waals surface area contributed by atoms with Crippen LogP contribution in [0.3, 0.4) is 0 Å². The number of imidazole rings is 1. The molecular weight excluding hydrogens is 520 g/mol. The van der Waals surface area contributed by atoms with Crippen LogP contribution < -0.4 is 19.9 Å². The van der Waals surface area contributed by atoms with Gasteiger partial charge in [0.1, 0.15) is 17.9 Å². The molecule has 0 saturated carbocycles. The number of aromatic amines is 1. The second-order valence-corrected chi connectivity index (χ2v) is 11.3. The number of benzene rings is 1. The van der Waals surface area contributed by atoms with Crippen LogP contribution in [0.1, 0.15) is 48.8 Å². The van der Waals surface area contributed by atoms with Gasteiger partial charge in [0.25, 0.3) is 0 Å². The summed E-state index contributed by atoms with van der Waals surface area (Å²) in [7, 11) is 0.